The highest BCUT2D eigenvalue weighted by molar-refractivity contribution is 5.61. The largest absolute Gasteiger partial charge is 0.497 e. The summed E-state index contributed by atoms with van der Waals surface area (Å²) >= 11 is 0. The van der Waals surface area contributed by atoms with Gasteiger partial charge in [0.05, 0.1) is 26.5 Å². The second-order valence-electron chi connectivity index (χ2n) is 7.55. The van der Waals surface area contributed by atoms with Crippen molar-refractivity contribution < 1.29 is 18.7 Å². The second kappa shape index (κ2) is 10.7. The van der Waals surface area contributed by atoms with E-state index in [-0.39, 0.29) is 18.0 Å². The lowest BCUT2D eigenvalue weighted by Crippen LogP contribution is -2.23. The van der Waals surface area contributed by atoms with Crippen molar-refractivity contribution in [1.29, 1.82) is 0 Å². The van der Waals surface area contributed by atoms with Gasteiger partial charge in [-0.05, 0) is 48.9 Å². The van der Waals surface area contributed by atoms with Crippen molar-refractivity contribution >= 4 is 0 Å². The molecule has 4 rings (SSSR count). The normalized spacial score (nSPS) is 10.8. The van der Waals surface area contributed by atoms with Crippen LogP contribution in [0.2, 0.25) is 0 Å². The van der Waals surface area contributed by atoms with Gasteiger partial charge >= 0.3 is 0 Å². The fourth-order valence-corrected chi connectivity index (χ4v) is 3.27. The molecule has 0 fully saturated rings. The Bertz CT molecular complexity index is 1280. The predicted octanol–water partition coefficient (Wildman–Crippen LogP) is 4.20. The summed E-state index contributed by atoms with van der Waals surface area (Å²) in [6.07, 6.45) is 2.09. The Hall–Kier alpha value is -4.14. The molecular formula is C25H26N4O5. The highest BCUT2D eigenvalue weighted by Crippen LogP contribution is 2.28. The van der Waals surface area contributed by atoms with Crippen LogP contribution in [0.4, 0.5) is 0 Å². The minimum atomic E-state index is -0.272. The zero-order chi connectivity index (χ0) is 23.9. The molecule has 0 bridgehead atoms. The van der Waals surface area contributed by atoms with Crippen molar-refractivity contribution in [3.8, 4) is 39.9 Å². The summed E-state index contributed by atoms with van der Waals surface area (Å²) < 4.78 is 23.0. The molecule has 0 aliphatic carbocycles. The Kier molecular flexibility index (Phi) is 7.22. The van der Waals surface area contributed by atoms with Gasteiger partial charge in [0.1, 0.15) is 23.8 Å². The number of rotatable bonds is 10. The molecule has 0 spiro atoms. The van der Waals surface area contributed by atoms with E-state index in [9.17, 15) is 4.79 Å². The van der Waals surface area contributed by atoms with E-state index in [1.807, 2.05) is 24.3 Å². The Morgan fingerprint density at radius 2 is 1.65 bits per heavy atom. The maximum Gasteiger partial charge on any atom is 0.267 e. The maximum absolute atomic E-state index is 12.4. The first-order chi connectivity index (χ1) is 16.6. The third-order valence-corrected chi connectivity index (χ3v) is 5.15. The molecule has 2 aromatic carbocycles. The average molecular weight is 463 g/mol. The Morgan fingerprint density at radius 3 is 2.32 bits per heavy atom. The molecule has 9 nitrogen and oxygen atoms in total. The van der Waals surface area contributed by atoms with Crippen molar-refractivity contribution in [2.75, 3.05) is 20.8 Å². The summed E-state index contributed by atoms with van der Waals surface area (Å²) in [6, 6.07) is 16.1. The van der Waals surface area contributed by atoms with E-state index >= 15 is 0 Å². The first kappa shape index (κ1) is 23.0. The molecule has 2 aromatic heterocycles. The predicted molar refractivity (Wildman–Crippen MR) is 126 cm³/mol. The SMILES string of the molecule is CCCCOc1ccc(-c2ccc(=O)n(Cc3nc(-c4cc(OC)cc(OC)c4)no3)n2)cc1. The highest BCUT2D eigenvalue weighted by atomic mass is 16.5. The van der Waals surface area contributed by atoms with E-state index < -0.39 is 0 Å². The van der Waals surface area contributed by atoms with E-state index in [1.54, 1.807) is 38.5 Å². The lowest BCUT2D eigenvalue weighted by atomic mass is 10.1. The zero-order valence-electron chi connectivity index (χ0n) is 19.4. The number of benzene rings is 2. The molecular weight excluding hydrogens is 436 g/mol. The summed E-state index contributed by atoms with van der Waals surface area (Å²) in [4.78, 5) is 16.8. The Balaban J connectivity index is 1.53. The van der Waals surface area contributed by atoms with Crippen LogP contribution in [0.1, 0.15) is 25.7 Å². The van der Waals surface area contributed by atoms with Gasteiger partial charge in [0.2, 0.25) is 11.7 Å². The van der Waals surface area contributed by atoms with Gasteiger partial charge in [-0.2, -0.15) is 10.1 Å². The first-order valence-corrected chi connectivity index (χ1v) is 11.0. The number of methoxy groups -OCH3 is 2. The third-order valence-electron chi connectivity index (χ3n) is 5.15. The molecule has 0 saturated heterocycles. The van der Waals surface area contributed by atoms with Gasteiger partial charge in [-0.25, -0.2) is 4.68 Å². The van der Waals surface area contributed by atoms with E-state index in [4.69, 9.17) is 18.7 Å². The van der Waals surface area contributed by atoms with E-state index in [2.05, 4.69) is 22.2 Å². The third kappa shape index (κ3) is 5.43. The topological polar surface area (TPSA) is 102 Å². The second-order valence-corrected chi connectivity index (χ2v) is 7.55. The number of unbranched alkanes of at least 4 members (excludes halogenated alkanes) is 1. The van der Waals surface area contributed by atoms with Crippen molar-refractivity contribution in [2.24, 2.45) is 0 Å². The number of hydrogen-bond acceptors (Lipinski definition) is 8. The number of aromatic nitrogens is 4. The minimum Gasteiger partial charge on any atom is -0.497 e. The molecule has 34 heavy (non-hydrogen) atoms. The average Bonchev–Trinajstić information content (AvgIpc) is 3.34. The van der Waals surface area contributed by atoms with Gasteiger partial charge in [0.25, 0.3) is 5.56 Å². The summed E-state index contributed by atoms with van der Waals surface area (Å²) in [5, 5.41) is 8.50. The summed E-state index contributed by atoms with van der Waals surface area (Å²) in [6.45, 7) is 2.85. The van der Waals surface area contributed by atoms with Gasteiger partial charge in [-0.15, -0.1) is 0 Å². The van der Waals surface area contributed by atoms with Gasteiger partial charge in [-0.1, -0.05) is 18.5 Å². The van der Waals surface area contributed by atoms with E-state index in [1.165, 1.54) is 10.7 Å². The molecule has 0 aliphatic rings. The van der Waals surface area contributed by atoms with Crippen molar-refractivity contribution in [2.45, 2.75) is 26.3 Å². The molecule has 0 saturated carbocycles. The standard InChI is InChI=1S/C25H26N4O5/c1-4-5-12-33-19-8-6-17(7-9-19)22-10-11-24(30)29(27-22)16-23-26-25(28-34-23)18-13-20(31-2)15-21(14-18)32-3/h6-11,13-15H,4-5,12,16H2,1-3H3. The minimum absolute atomic E-state index is 0.0407. The van der Waals surface area contributed by atoms with Crippen LogP contribution in [0.25, 0.3) is 22.6 Å². The monoisotopic (exact) mass is 462 g/mol. The Morgan fingerprint density at radius 1 is 0.912 bits per heavy atom. The first-order valence-electron chi connectivity index (χ1n) is 11.0. The number of nitrogens with zero attached hydrogens (tertiary/aromatic N) is 4. The molecule has 4 aromatic rings. The summed E-state index contributed by atoms with van der Waals surface area (Å²) in [5.74, 6) is 2.62. The van der Waals surface area contributed by atoms with Crippen molar-refractivity contribution in [3.63, 3.8) is 0 Å². The molecule has 0 radical (unpaired) electrons. The van der Waals surface area contributed by atoms with Gasteiger partial charge in [-0.3, -0.25) is 4.79 Å². The lowest BCUT2D eigenvalue weighted by molar-refractivity contribution is 0.309. The highest BCUT2D eigenvalue weighted by Gasteiger charge is 2.14. The van der Waals surface area contributed by atoms with Gasteiger partial charge < -0.3 is 18.7 Å². The molecule has 176 valence electrons. The molecule has 2 heterocycles. The quantitative estimate of drug-likeness (QED) is 0.323. The molecule has 0 aliphatic heterocycles. The van der Waals surface area contributed by atoms with Crippen LogP contribution in [0.5, 0.6) is 17.2 Å². The van der Waals surface area contributed by atoms with Crippen LogP contribution >= 0.6 is 0 Å². The molecule has 0 atom stereocenters. The molecule has 0 amide bonds. The van der Waals surface area contributed by atoms with Crippen LogP contribution < -0.4 is 19.8 Å². The Labute approximate surface area is 196 Å². The zero-order valence-corrected chi connectivity index (χ0v) is 19.4. The smallest absolute Gasteiger partial charge is 0.267 e. The van der Waals surface area contributed by atoms with Crippen molar-refractivity contribution in [3.05, 3.63) is 70.8 Å². The lowest BCUT2D eigenvalue weighted by Gasteiger charge is -2.08. The molecule has 0 unspecified atom stereocenters. The van der Waals surface area contributed by atoms with Crippen LogP contribution in [0, 0.1) is 0 Å². The number of hydrogen-bond donors (Lipinski definition) is 0. The van der Waals surface area contributed by atoms with Gasteiger partial charge in [0.15, 0.2) is 0 Å². The maximum atomic E-state index is 12.4. The van der Waals surface area contributed by atoms with Crippen molar-refractivity contribution in [1.82, 2.24) is 19.9 Å². The molecule has 9 heteroatoms. The van der Waals surface area contributed by atoms with E-state index in [0.717, 1.165) is 24.2 Å². The fraction of sp³-hybridized carbons (Fsp3) is 0.280. The van der Waals surface area contributed by atoms with Crippen LogP contribution in [-0.4, -0.2) is 40.7 Å². The van der Waals surface area contributed by atoms with Crippen LogP contribution in [0.3, 0.4) is 0 Å². The summed E-state index contributed by atoms with van der Waals surface area (Å²) in [5.41, 5.74) is 1.91. The van der Waals surface area contributed by atoms with E-state index in [0.29, 0.717) is 35.2 Å². The molecule has 0 N–H and O–H groups in total. The van der Waals surface area contributed by atoms with Crippen LogP contribution in [-0.2, 0) is 6.54 Å². The van der Waals surface area contributed by atoms with Gasteiger partial charge in [0, 0.05) is 23.3 Å². The van der Waals surface area contributed by atoms with Crippen LogP contribution in [0.15, 0.2) is 63.9 Å². The fourth-order valence-electron chi connectivity index (χ4n) is 3.27. The number of ether oxygens (including phenoxy) is 3. The summed E-state index contributed by atoms with van der Waals surface area (Å²) in [7, 11) is 3.14.